The van der Waals surface area contributed by atoms with Gasteiger partial charge in [0.2, 0.25) is 0 Å². The Morgan fingerprint density at radius 1 is 0.571 bits per heavy atom. The van der Waals surface area contributed by atoms with Crippen molar-refractivity contribution in [3.63, 3.8) is 0 Å². The molecule has 0 aliphatic heterocycles. The molecule has 0 aliphatic carbocycles. The molecule has 49 heavy (non-hydrogen) atoms. The minimum Gasteiger partial charge on any atom is -0.462 e. The first-order valence-corrected chi connectivity index (χ1v) is 21.1. The van der Waals surface area contributed by atoms with Gasteiger partial charge in [-0.25, -0.2) is 4.57 Å². The summed E-state index contributed by atoms with van der Waals surface area (Å²) in [6.45, 7) is 3.51. The maximum atomic E-state index is 12.4. The fourth-order valence-corrected chi connectivity index (χ4v) is 5.83. The third kappa shape index (κ3) is 37.3. The Hall–Kier alpha value is -1.80. The highest BCUT2D eigenvalue weighted by Crippen LogP contribution is 2.36. The Labute approximate surface area is 298 Å². The van der Waals surface area contributed by atoms with Gasteiger partial charge in [-0.1, -0.05) is 154 Å². The quantitative estimate of drug-likeness (QED) is 0.0213. The maximum Gasteiger partial charge on any atom is 0.469 e. The van der Waals surface area contributed by atoms with E-state index in [9.17, 15) is 18.9 Å². The van der Waals surface area contributed by atoms with E-state index in [1.54, 1.807) is 12.2 Å². The van der Waals surface area contributed by atoms with Gasteiger partial charge >= 0.3 is 19.8 Å². The number of phosphoric ester groups is 1. The first-order chi connectivity index (χ1) is 23.7. The van der Waals surface area contributed by atoms with E-state index in [1.165, 1.54) is 77.0 Å². The van der Waals surface area contributed by atoms with Crippen LogP contribution in [0.4, 0.5) is 0 Å². The number of unbranched alkanes of at least 4 members (excludes halogenated alkanes) is 21. The predicted molar refractivity (Wildman–Crippen MR) is 198 cm³/mol. The summed E-state index contributed by atoms with van der Waals surface area (Å²) in [7, 11) is -4.77. The minimum absolute atomic E-state index is 0.163. The lowest BCUT2D eigenvalue weighted by Crippen LogP contribution is -2.29. The summed E-state index contributed by atoms with van der Waals surface area (Å²) in [5.41, 5.74) is 0. The van der Waals surface area contributed by atoms with Crippen LogP contribution in [0.25, 0.3) is 0 Å². The first-order valence-electron chi connectivity index (χ1n) is 19.6. The second-order valence-corrected chi connectivity index (χ2v) is 14.5. The third-order valence-electron chi connectivity index (χ3n) is 8.45. The smallest absolute Gasteiger partial charge is 0.462 e. The number of hydrogen-bond acceptors (Lipinski definition) is 7. The van der Waals surface area contributed by atoms with Gasteiger partial charge in [-0.3, -0.25) is 18.9 Å². The zero-order valence-electron chi connectivity index (χ0n) is 31.1. The Bertz CT molecular complexity index is 912. The molecule has 2 N–H and O–H groups in total. The van der Waals surface area contributed by atoms with Crippen LogP contribution in [0.2, 0.25) is 0 Å². The van der Waals surface area contributed by atoms with Crippen molar-refractivity contribution >= 4 is 25.5 Å². The molecule has 0 rings (SSSR count). The summed E-state index contributed by atoms with van der Waals surface area (Å²) in [5.74, 6) is -0.769. The van der Waals surface area contributed by atoms with Crippen LogP contribution in [0.5, 0.6) is 0 Å². The molecule has 0 bridgehead atoms. The molecule has 0 spiro atoms. The van der Waals surface area contributed by atoms with E-state index in [2.05, 4.69) is 24.4 Å². The van der Waals surface area contributed by atoms with E-state index in [0.717, 1.165) is 64.2 Å². The largest absolute Gasteiger partial charge is 0.469 e. The molecular formula is C39H71O9P. The Morgan fingerprint density at radius 2 is 1.02 bits per heavy atom. The topological polar surface area (TPSA) is 136 Å². The highest BCUT2D eigenvalue weighted by atomic mass is 31.2. The molecule has 0 aromatic heterocycles. The number of phosphoric acid groups is 1. The van der Waals surface area contributed by atoms with Crippen molar-refractivity contribution in [2.45, 2.75) is 193 Å². The lowest BCUT2D eigenvalue weighted by Gasteiger charge is -2.18. The summed E-state index contributed by atoms with van der Waals surface area (Å²) < 4.78 is 26.3. The molecule has 0 radical (unpaired) electrons. The van der Waals surface area contributed by atoms with Crippen molar-refractivity contribution in [1.82, 2.24) is 0 Å². The summed E-state index contributed by atoms with van der Waals surface area (Å²) in [6, 6.07) is 0. The molecular weight excluding hydrogens is 643 g/mol. The molecule has 1 atom stereocenters. The van der Waals surface area contributed by atoms with E-state index in [0.29, 0.717) is 19.3 Å². The number of allylic oxidation sites excluding steroid dienone is 4. The Morgan fingerprint density at radius 3 is 1.55 bits per heavy atom. The van der Waals surface area contributed by atoms with Crippen LogP contribution < -0.4 is 0 Å². The fraction of sp³-hybridized carbons (Fsp3) is 0.821. The van der Waals surface area contributed by atoms with E-state index in [4.69, 9.17) is 19.3 Å². The van der Waals surface area contributed by atoms with Crippen molar-refractivity contribution in [2.75, 3.05) is 13.2 Å². The van der Waals surface area contributed by atoms with Crippen LogP contribution in [0.3, 0.4) is 0 Å². The lowest BCUT2D eigenvalue weighted by atomic mass is 10.0. The summed E-state index contributed by atoms with van der Waals surface area (Å²) >= 11 is 0. The number of esters is 2. The normalized spacial score (nSPS) is 12.6. The van der Waals surface area contributed by atoms with Crippen LogP contribution in [0.1, 0.15) is 187 Å². The number of carbonyl (C=O) groups excluding carboxylic acids is 3. The van der Waals surface area contributed by atoms with E-state index >= 15 is 0 Å². The number of ketones is 1. The number of hydrogen-bond donors (Lipinski definition) is 2. The van der Waals surface area contributed by atoms with Gasteiger partial charge in [0.1, 0.15) is 6.61 Å². The van der Waals surface area contributed by atoms with Crippen LogP contribution in [-0.4, -0.2) is 46.8 Å². The summed E-state index contributed by atoms with van der Waals surface area (Å²) in [5, 5.41) is 0. The molecule has 0 aromatic carbocycles. The van der Waals surface area contributed by atoms with Gasteiger partial charge in [0.05, 0.1) is 6.61 Å². The molecule has 0 fully saturated rings. The Kier molecular flexibility index (Phi) is 33.4. The van der Waals surface area contributed by atoms with Crippen molar-refractivity contribution in [3.05, 3.63) is 24.3 Å². The van der Waals surface area contributed by atoms with Gasteiger partial charge < -0.3 is 19.3 Å². The van der Waals surface area contributed by atoms with E-state index < -0.39 is 32.5 Å². The van der Waals surface area contributed by atoms with E-state index in [-0.39, 0.29) is 25.2 Å². The van der Waals surface area contributed by atoms with Crippen LogP contribution in [0, 0.1) is 0 Å². The maximum absolute atomic E-state index is 12.4. The summed E-state index contributed by atoms with van der Waals surface area (Å²) in [6.07, 6.45) is 34.5. The number of rotatable bonds is 36. The zero-order chi connectivity index (χ0) is 36.3. The highest BCUT2D eigenvalue weighted by molar-refractivity contribution is 7.46. The van der Waals surface area contributed by atoms with Gasteiger partial charge in [0.15, 0.2) is 11.9 Å². The molecule has 9 nitrogen and oxygen atoms in total. The standard InChI is InChI=1S/C39H71O9P/c1-3-5-7-8-9-10-11-12-13-14-15-18-21-24-28-32-38(41)46-34-37(35-47-49(43,44)45)48-39(42)33-29-25-22-19-16-17-20-23-27-31-36(40)30-26-6-4-2/h20,23,27,31,37H,3-19,21-22,24-26,28-30,32-35H2,1-2H3,(H2,43,44,45)/b23-20-,31-27+/t37-/m1/s1. The van der Waals surface area contributed by atoms with Crippen LogP contribution in [0.15, 0.2) is 24.3 Å². The highest BCUT2D eigenvalue weighted by Gasteiger charge is 2.22. The van der Waals surface area contributed by atoms with Crippen molar-refractivity contribution in [2.24, 2.45) is 0 Å². The van der Waals surface area contributed by atoms with E-state index in [1.807, 2.05) is 6.08 Å². The van der Waals surface area contributed by atoms with Gasteiger partial charge in [-0.15, -0.1) is 0 Å². The molecule has 0 saturated carbocycles. The van der Waals surface area contributed by atoms with Gasteiger partial charge in [-0.2, -0.15) is 0 Å². The van der Waals surface area contributed by atoms with Crippen LogP contribution in [-0.2, 0) is 32.9 Å². The monoisotopic (exact) mass is 714 g/mol. The fourth-order valence-electron chi connectivity index (χ4n) is 5.47. The minimum atomic E-state index is -4.77. The molecule has 0 unspecified atom stereocenters. The zero-order valence-corrected chi connectivity index (χ0v) is 32.0. The molecule has 0 heterocycles. The van der Waals surface area contributed by atoms with Crippen LogP contribution >= 0.6 is 7.82 Å². The van der Waals surface area contributed by atoms with Crippen molar-refractivity contribution < 1.29 is 42.7 Å². The predicted octanol–water partition coefficient (Wildman–Crippen LogP) is 10.8. The molecule has 10 heteroatoms. The van der Waals surface area contributed by atoms with Crippen molar-refractivity contribution in [3.8, 4) is 0 Å². The SMILES string of the molecule is CCCCCCCCCCCCCCCCCC(=O)OC[C@H](COP(=O)(O)O)OC(=O)CCCCCCC/C=C\C=C\C(=O)CCCCC. The molecule has 286 valence electrons. The van der Waals surface area contributed by atoms with Crippen molar-refractivity contribution in [1.29, 1.82) is 0 Å². The average Bonchev–Trinajstić information content (AvgIpc) is 3.06. The molecule has 0 amide bonds. The number of carbonyl (C=O) groups is 3. The molecule has 0 saturated heterocycles. The Balaban J connectivity index is 4.00. The first kappa shape index (κ1) is 47.2. The van der Waals surface area contributed by atoms with Gasteiger partial charge in [0, 0.05) is 19.3 Å². The second kappa shape index (κ2) is 34.6. The number of ether oxygens (including phenoxy) is 2. The average molecular weight is 715 g/mol. The van der Waals surface area contributed by atoms with Gasteiger partial charge in [-0.05, 0) is 38.2 Å². The third-order valence-corrected chi connectivity index (χ3v) is 8.93. The second-order valence-electron chi connectivity index (χ2n) is 13.3. The lowest BCUT2D eigenvalue weighted by molar-refractivity contribution is -0.161. The summed E-state index contributed by atoms with van der Waals surface area (Å²) in [4.78, 5) is 54.4. The van der Waals surface area contributed by atoms with Gasteiger partial charge in [0.25, 0.3) is 0 Å². The molecule has 0 aromatic rings. The molecule has 0 aliphatic rings.